The summed E-state index contributed by atoms with van der Waals surface area (Å²) in [6, 6.07) is 16.4. The fourth-order valence-electron chi connectivity index (χ4n) is 4.50. The monoisotopic (exact) mass is 582 g/mol. The average Bonchev–Trinajstić information content (AvgIpc) is 3.50. The summed E-state index contributed by atoms with van der Waals surface area (Å²) in [5, 5.41) is 4.83. The molecule has 2 aliphatic heterocycles. The Morgan fingerprint density at radius 2 is 1.77 bits per heavy atom. The smallest absolute Gasteiger partial charge is 0.266 e. The van der Waals surface area contributed by atoms with Crippen LogP contribution in [0.2, 0.25) is 0 Å². The second kappa shape index (κ2) is 12.1. The molecule has 3 heterocycles. The van der Waals surface area contributed by atoms with E-state index in [9.17, 15) is 13.2 Å². The van der Waals surface area contributed by atoms with E-state index in [0.29, 0.717) is 47.8 Å². The summed E-state index contributed by atoms with van der Waals surface area (Å²) >= 11 is 6.81. The third-order valence-corrected chi connectivity index (χ3v) is 9.93. The summed E-state index contributed by atoms with van der Waals surface area (Å²) in [5.74, 6) is -0.0912. The van der Waals surface area contributed by atoms with Crippen molar-refractivity contribution in [2.75, 3.05) is 32.8 Å². The molecule has 0 bridgehead atoms. The molecule has 2 aromatic carbocycles. The molecule has 1 amide bonds. The van der Waals surface area contributed by atoms with E-state index in [0.717, 1.165) is 36.1 Å². The Kier molecular flexibility index (Phi) is 8.63. The molecule has 2 aliphatic rings. The lowest BCUT2D eigenvalue weighted by Crippen LogP contribution is -2.40. The maximum atomic E-state index is 13.2. The Bertz CT molecular complexity index is 1480. The molecule has 5 rings (SSSR count). The number of carbonyl (C=O) groups is 1. The number of aromatic nitrogens is 2. The van der Waals surface area contributed by atoms with Crippen molar-refractivity contribution in [3.8, 4) is 16.9 Å². The number of thiocarbonyl (C=S) groups is 1. The summed E-state index contributed by atoms with van der Waals surface area (Å²) in [7, 11) is -3.61. The van der Waals surface area contributed by atoms with E-state index in [1.807, 2.05) is 42.6 Å². The molecule has 204 valence electrons. The van der Waals surface area contributed by atoms with E-state index >= 15 is 0 Å². The van der Waals surface area contributed by atoms with Crippen LogP contribution in [-0.2, 0) is 19.6 Å². The summed E-state index contributed by atoms with van der Waals surface area (Å²) in [4.78, 5) is 15.6. The van der Waals surface area contributed by atoms with Crippen LogP contribution in [0.1, 0.15) is 31.7 Å². The maximum absolute atomic E-state index is 13.2. The summed E-state index contributed by atoms with van der Waals surface area (Å²) in [5.41, 5.74) is 3.01. The zero-order valence-electron chi connectivity index (χ0n) is 21.7. The van der Waals surface area contributed by atoms with Crippen LogP contribution in [0.5, 0.6) is 0 Å². The minimum absolute atomic E-state index is 0.0912. The van der Waals surface area contributed by atoms with E-state index in [1.54, 1.807) is 33.8 Å². The van der Waals surface area contributed by atoms with Crippen LogP contribution in [0.4, 0.5) is 0 Å². The number of benzene rings is 2. The van der Waals surface area contributed by atoms with E-state index in [4.69, 9.17) is 22.1 Å². The van der Waals surface area contributed by atoms with Gasteiger partial charge in [-0.25, -0.2) is 13.1 Å². The van der Waals surface area contributed by atoms with Gasteiger partial charge in [-0.05, 0) is 36.8 Å². The van der Waals surface area contributed by atoms with Crippen molar-refractivity contribution in [3.63, 3.8) is 0 Å². The van der Waals surface area contributed by atoms with Gasteiger partial charge in [-0.1, -0.05) is 74.1 Å². The Morgan fingerprint density at radius 3 is 2.46 bits per heavy atom. The van der Waals surface area contributed by atoms with Crippen LogP contribution in [-0.4, -0.2) is 70.5 Å². The van der Waals surface area contributed by atoms with Crippen LogP contribution in [0.25, 0.3) is 23.0 Å². The number of carbonyl (C=O) groups excluding carboxylic acids is 1. The Hall–Kier alpha value is -2.83. The number of para-hydroxylation sites is 1. The van der Waals surface area contributed by atoms with Crippen molar-refractivity contribution in [1.82, 2.24) is 19.0 Å². The predicted molar refractivity (Wildman–Crippen MR) is 158 cm³/mol. The van der Waals surface area contributed by atoms with Crippen molar-refractivity contribution < 1.29 is 17.9 Å². The van der Waals surface area contributed by atoms with Crippen LogP contribution in [0.3, 0.4) is 0 Å². The first-order valence-corrected chi connectivity index (χ1v) is 15.6. The number of ether oxygens (including phenoxy) is 1. The van der Waals surface area contributed by atoms with Gasteiger partial charge in [0.15, 0.2) is 0 Å². The zero-order valence-corrected chi connectivity index (χ0v) is 24.1. The van der Waals surface area contributed by atoms with Gasteiger partial charge in [0, 0.05) is 37.0 Å². The van der Waals surface area contributed by atoms with E-state index in [1.165, 1.54) is 16.1 Å². The molecule has 0 saturated carbocycles. The molecule has 39 heavy (non-hydrogen) atoms. The molecule has 11 heteroatoms. The van der Waals surface area contributed by atoms with Crippen molar-refractivity contribution >= 4 is 50.3 Å². The molecule has 0 unspecified atom stereocenters. The van der Waals surface area contributed by atoms with Gasteiger partial charge >= 0.3 is 0 Å². The highest BCUT2D eigenvalue weighted by Crippen LogP contribution is 2.35. The minimum Gasteiger partial charge on any atom is -0.379 e. The number of unbranched alkanes of at least 4 members (excludes halogenated alkanes) is 2. The summed E-state index contributed by atoms with van der Waals surface area (Å²) in [6.07, 6.45) is 6.74. The quantitative estimate of drug-likeness (QED) is 0.201. The standard InChI is InChI=1S/C28H30N4O4S3/c1-2-3-7-14-31-27(33)25(38-28(31)37)19-22-20-32(23-8-5-4-6-9-23)29-26(22)21-10-12-24(13-11-21)39(34,35)30-15-17-36-18-16-30/h4-6,8-13,19-20H,2-3,7,14-18H2,1H3/b25-19-. The lowest BCUT2D eigenvalue weighted by Gasteiger charge is -2.26. The molecule has 1 aromatic heterocycles. The van der Waals surface area contributed by atoms with Crippen LogP contribution in [0.15, 0.2) is 70.6 Å². The number of hydrogen-bond acceptors (Lipinski definition) is 7. The number of thioether (sulfide) groups is 1. The molecule has 0 aliphatic carbocycles. The van der Waals surface area contributed by atoms with Gasteiger partial charge in [-0.3, -0.25) is 9.69 Å². The highest BCUT2D eigenvalue weighted by molar-refractivity contribution is 8.26. The second-order valence-corrected chi connectivity index (χ2v) is 12.9. The van der Waals surface area contributed by atoms with Gasteiger partial charge < -0.3 is 4.74 Å². The molecular weight excluding hydrogens is 553 g/mol. The normalized spacial score (nSPS) is 17.9. The van der Waals surface area contributed by atoms with Gasteiger partial charge in [0.1, 0.15) is 4.32 Å². The first kappa shape index (κ1) is 27.7. The maximum Gasteiger partial charge on any atom is 0.266 e. The molecule has 3 aromatic rings. The van der Waals surface area contributed by atoms with Crippen molar-refractivity contribution in [2.45, 2.75) is 31.1 Å². The lowest BCUT2D eigenvalue weighted by molar-refractivity contribution is -0.122. The molecular formula is C28H30N4O4S3. The number of rotatable bonds is 9. The van der Waals surface area contributed by atoms with Crippen LogP contribution < -0.4 is 0 Å². The van der Waals surface area contributed by atoms with E-state index in [-0.39, 0.29) is 10.8 Å². The van der Waals surface area contributed by atoms with Crippen molar-refractivity contribution in [2.24, 2.45) is 0 Å². The third kappa shape index (κ3) is 6.02. The summed E-state index contributed by atoms with van der Waals surface area (Å²) in [6.45, 7) is 4.20. The largest absolute Gasteiger partial charge is 0.379 e. The highest BCUT2D eigenvalue weighted by Gasteiger charge is 2.32. The molecule has 8 nitrogen and oxygen atoms in total. The number of hydrogen-bond donors (Lipinski definition) is 0. The molecule has 0 radical (unpaired) electrons. The fourth-order valence-corrected chi connectivity index (χ4v) is 7.21. The topological polar surface area (TPSA) is 84.7 Å². The number of morpholine rings is 1. The third-order valence-electron chi connectivity index (χ3n) is 6.64. The van der Waals surface area contributed by atoms with E-state index in [2.05, 4.69) is 6.92 Å². The number of nitrogens with zero attached hydrogens (tertiary/aromatic N) is 4. The van der Waals surface area contributed by atoms with Gasteiger partial charge in [-0.15, -0.1) is 0 Å². The molecule has 0 atom stereocenters. The number of sulfonamides is 1. The minimum atomic E-state index is -3.61. The Labute approximate surface area is 238 Å². The lowest BCUT2D eigenvalue weighted by atomic mass is 10.1. The highest BCUT2D eigenvalue weighted by atomic mass is 32.2. The van der Waals surface area contributed by atoms with Crippen LogP contribution in [0, 0.1) is 0 Å². The fraction of sp³-hybridized carbons (Fsp3) is 0.321. The molecule has 0 N–H and O–H groups in total. The first-order valence-electron chi connectivity index (χ1n) is 13.0. The summed E-state index contributed by atoms with van der Waals surface area (Å²) < 4.78 is 35.3. The van der Waals surface area contributed by atoms with Gasteiger partial charge in [0.25, 0.3) is 5.91 Å². The molecule has 2 saturated heterocycles. The number of amides is 1. The zero-order chi connectivity index (χ0) is 27.4. The van der Waals surface area contributed by atoms with Gasteiger partial charge in [0.05, 0.1) is 34.4 Å². The van der Waals surface area contributed by atoms with Gasteiger partial charge in [0.2, 0.25) is 10.0 Å². The molecule has 2 fully saturated rings. The van der Waals surface area contributed by atoms with Crippen LogP contribution >= 0.6 is 24.0 Å². The first-order chi connectivity index (χ1) is 18.9. The Morgan fingerprint density at radius 1 is 1.05 bits per heavy atom. The Balaban J connectivity index is 1.49. The van der Waals surface area contributed by atoms with Gasteiger partial charge in [-0.2, -0.15) is 9.40 Å². The van der Waals surface area contributed by atoms with Crippen molar-refractivity contribution in [3.05, 3.63) is 71.3 Å². The SMILES string of the molecule is CCCCCN1C(=O)/C(=C/c2cn(-c3ccccc3)nc2-c2ccc(S(=O)(=O)N3CCOCC3)cc2)SC1=S. The molecule has 0 spiro atoms. The second-order valence-electron chi connectivity index (χ2n) is 9.29. The van der Waals surface area contributed by atoms with Crippen molar-refractivity contribution in [1.29, 1.82) is 0 Å². The van der Waals surface area contributed by atoms with E-state index < -0.39 is 10.0 Å². The average molecular weight is 583 g/mol. The predicted octanol–water partition coefficient (Wildman–Crippen LogP) is 4.95.